The van der Waals surface area contributed by atoms with Crippen LogP contribution in [0.3, 0.4) is 0 Å². The van der Waals surface area contributed by atoms with E-state index in [-0.39, 0.29) is 18.1 Å². The van der Waals surface area contributed by atoms with Gasteiger partial charge in [-0.2, -0.15) is 0 Å². The van der Waals surface area contributed by atoms with Gasteiger partial charge in [-0.25, -0.2) is 0 Å². The van der Waals surface area contributed by atoms with Crippen molar-refractivity contribution >= 4 is 11.7 Å². The van der Waals surface area contributed by atoms with E-state index in [0.29, 0.717) is 5.56 Å². The minimum absolute atomic E-state index is 0.117. The van der Waals surface area contributed by atoms with E-state index in [2.05, 4.69) is 5.32 Å². The van der Waals surface area contributed by atoms with Crippen LogP contribution >= 0.6 is 0 Å². The molecule has 0 spiro atoms. The molecular weight excluding hydrogens is 310 g/mol. The summed E-state index contributed by atoms with van der Waals surface area (Å²) in [7, 11) is 0. The van der Waals surface area contributed by atoms with E-state index in [9.17, 15) is 9.59 Å². The second-order valence-electron chi connectivity index (χ2n) is 5.80. The Morgan fingerprint density at radius 3 is 1.84 bits per heavy atom. The van der Waals surface area contributed by atoms with E-state index < -0.39 is 6.04 Å². The summed E-state index contributed by atoms with van der Waals surface area (Å²) < 4.78 is 0. The fourth-order valence-electron chi connectivity index (χ4n) is 2.71. The van der Waals surface area contributed by atoms with Gasteiger partial charge in [0.05, 0.1) is 6.42 Å². The summed E-state index contributed by atoms with van der Waals surface area (Å²) in [6.07, 6.45) is 0.242. The first-order valence-electron chi connectivity index (χ1n) is 8.21. The quantitative estimate of drug-likeness (QED) is 0.696. The molecule has 25 heavy (non-hydrogen) atoms. The molecule has 1 N–H and O–H groups in total. The molecule has 0 aliphatic rings. The molecule has 0 heterocycles. The van der Waals surface area contributed by atoms with Crippen LogP contribution < -0.4 is 5.32 Å². The first kappa shape index (κ1) is 16.7. The third-order valence-electron chi connectivity index (χ3n) is 3.97. The zero-order valence-corrected chi connectivity index (χ0v) is 13.8. The molecule has 3 nitrogen and oxygen atoms in total. The number of amides is 1. The lowest BCUT2D eigenvalue weighted by molar-refractivity contribution is -0.120. The average Bonchev–Trinajstić information content (AvgIpc) is 2.68. The van der Waals surface area contributed by atoms with Gasteiger partial charge >= 0.3 is 0 Å². The predicted octanol–water partition coefficient (Wildman–Crippen LogP) is 3.97. The summed E-state index contributed by atoms with van der Waals surface area (Å²) in [6, 6.07) is 27.2. The first-order valence-corrected chi connectivity index (χ1v) is 8.21. The standard InChI is InChI=1S/C22H19NO2/c24-20(16-17-10-4-1-5-11-17)23-21(18-12-6-2-7-13-18)22(25)19-14-8-3-9-15-19/h1-15,21H,16H2,(H,23,24)/t21-/m0/s1. The SMILES string of the molecule is O=C(Cc1ccccc1)N[C@H](C(=O)c1ccccc1)c1ccccc1. The number of hydrogen-bond acceptors (Lipinski definition) is 2. The van der Waals surface area contributed by atoms with Crippen molar-refractivity contribution in [1.82, 2.24) is 5.32 Å². The largest absolute Gasteiger partial charge is 0.342 e. The molecule has 0 saturated heterocycles. The number of carbonyl (C=O) groups is 2. The van der Waals surface area contributed by atoms with Crippen LogP contribution in [0.1, 0.15) is 27.5 Å². The van der Waals surface area contributed by atoms with Gasteiger partial charge in [0.15, 0.2) is 5.78 Å². The number of ketones is 1. The molecule has 124 valence electrons. The number of benzene rings is 3. The number of hydrogen-bond donors (Lipinski definition) is 1. The molecule has 0 aliphatic heterocycles. The number of rotatable bonds is 6. The van der Waals surface area contributed by atoms with Gasteiger partial charge < -0.3 is 5.32 Å². The number of nitrogens with one attached hydrogen (secondary N) is 1. The Hall–Kier alpha value is -3.20. The summed E-state index contributed by atoms with van der Waals surface area (Å²) in [4.78, 5) is 25.4. The summed E-state index contributed by atoms with van der Waals surface area (Å²) >= 11 is 0. The normalized spacial score (nSPS) is 11.5. The van der Waals surface area contributed by atoms with Gasteiger partial charge in [0, 0.05) is 5.56 Å². The zero-order chi connectivity index (χ0) is 17.5. The van der Waals surface area contributed by atoms with Crippen LogP contribution in [-0.4, -0.2) is 11.7 Å². The van der Waals surface area contributed by atoms with Crippen molar-refractivity contribution in [3.63, 3.8) is 0 Å². The van der Waals surface area contributed by atoms with Crippen molar-refractivity contribution in [3.05, 3.63) is 108 Å². The molecule has 0 bridgehead atoms. The second kappa shape index (κ2) is 8.06. The van der Waals surface area contributed by atoms with Gasteiger partial charge in [-0.05, 0) is 11.1 Å². The molecule has 3 heteroatoms. The Morgan fingerprint density at radius 2 is 1.24 bits per heavy atom. The molecule has 0 fully saturated rings. The van der Waals surface area contributed by atoms with Crippen molar-refractivity contribution in [2.75, 3.05) is 0 Å². The molecular formula is C22H19NO2. The maximum absolute atomic E-state index is 12.9. The van der Waals surface area contributed by atoms with E-state index >= 15 is 0 Å². The fourth-order valence-corrected chi connectivity index (χ4v) is 2.71. The molecule has 0 aliphatic carbocycles. The third kappa shape index (κ3) is 4.42. The topological polar surface area (TPSA) is 46.2 Å². The lowest BCUT2D eigenvalue weighted by atomic mass is 9.97. The highest BCUT2D eigenvalue weighted by atomic mass is 16.2. The first-order chi connectivity index (χ1) is 12.2. The second-order valence-corrected chi connectivity index (χ2v) is 5.80. The van der Waals surface area contributed by atoms with Crippen molar-refractivity contribution in [2.24, 2.45) is 0 Å². The van der Waals surface area contributed by atoms with Crippen molar-refractivity contribution in [2.45, 2.75) is 12.5 Å². The monoisotopic (exact) mass is 329 g/mol. The van der Waals surface area contributed by atoms with E-state index in [4.69, 9.17) is 0 Å². The lowest BCUT2D eigenvalue weighted by Gasteiger charge is -2.18. The Balaban J connectivity index is 1.82. The molecule has 0 aromatic heterocycles. The van der Waals surface area contributed by atoms with E-state index in [0.717, 1.165) is 11.1 Å². The van der Waals surface area contributed by atoms with Gasteiger partial charge in [-0.15, -0.1) is 0 Å². The summed E-state index contributed by atoms with van der Waals surface area (Å²) in [5.41, 5.74) is 2.27. The van der Waals surface area contributed by atoms with Crippen molar-refractivity contribution < 1.29 is 9.59 Å². The van der Waals surface area contributed by atoms with Crippen LogP contribution in [0.4, 0.5) is 0 Å². The molecule has 1 amide bonds. The Labute approximate surface area is 147 Å². The zero-order valence-electron chi connectivity index (χ0n) is 13.8. The summed E-state index contributed by atoms with van der Waals surface area (Å²) in [5, 5.41) is 2.89. The van der Waals surface area contributed by atoms with Gasteiger partial charge in [0.2, 0.25) is 5.91 Å². The molecule has 3 rings (SSSR count). The number of carbonyl (C=O) groups excluding carboxylic acids is 2. The Morgan fingerprint density at radius 1 is 0.720 bits per heavy atom. The Bertz CT molecular complexity index is 830. The highest BCUT2D eigenvalue weighted by Gasteiger charge is 2.23. The van der Waals surface area contributed by atoms with Crippen LogP contribution in [0.15, 0.2) is 91.0 Å². The van der Waals surface area contributed by atoms with Gasteiger partial charge in [0.25, 0.3) is 0 Å². The van der Waals surface area contributed by atoms with E-state index in [1.807, 2.05) is 78.9 Å². The average molecular weight is 329 g/mol. The van der Waals surface area contributed by atoms with Crippen LogP contribution in [0, 0.1) is 0 Å². The maximum atomic E-state index is 12.9. The van der Waals surface area contributed by atoms with E-state index in [1.165, 1.54) is 0 Å². The third-order valence-corrected chi connectivity index (χ3v) is 3.97. The van der Waals surface area contributed by atoms with Crippen LogP contribution in [0.25, 0.3) is 0 Å². The predicted molar refractivity (Wildman–Crippen MR) is 98.2 cm³/mol. The Kier molecular flexibility index (Phi) is 5.37. The van der Waals surface area contributed by atoms with Gasteiger partial charge in [-0.3, -0.25) is 9.59 Å². The fraction of sp³-hybridized carbons (Fsp3) is 0.0909. The minimum atomic E-state index is -0.695. The van der Waals surface area contributed by atoms with Crippen LogP contribution in [0.5, 0.6) is 0 Å². The van der Waals surface area contributed by atoms with Crippen LogP contribution in [-0.2, 0) is 11.2 Å². The maximum Gasteiger partial charge on any atom is 0.225 e. The molecule has 0 unspecified atom stereocenters. The molecule has 0 radical (unpaired) electrons. The summed E-state index contributed by atoms with van der Waals surface area (Å²) in [5.74, 6) is -0.294. The summed E-state index contributed by atoms with van der Waals surface area (Å²) in [6.45, 7) is 0. The highest BCUT2D eigenvalue weighted by molar-refractivity contribution is 6.02. The van der Waals surface area contributed by atoms with E-state index in [1.54, 1.807) is 12.1 Å². The smallest absolute Gasteiger partial charge is 0.225 e. The molecule has 3 aromatic carbocycles. The van der Waals surface area contributed by atoms with Gasteiger partial charge in [0.1, 0.15) is 6.04 Å². The van der Waals surface area contributed by atoms with Crippen molar-refractivity contribution in [1.29, 1.82) is 0 Å². The minimum Gasteiger partial charge on any atom is -0.342 e. The highest BCUT2D eigenvalue weighted by Crippen LogP contribution is 2.19. The molecule has 3 aromatic rings. The number of Topliss-reactive ketones (excluding diaryl/α,β-unsaturated/α-hetero) is 1. The molecule has 1 atom stereocenters. The lowest BCUT2D eigenvalue weighted by Crippen LogP contribution is -2.34. The van der Waals surface area contributed by atoms with Crippen LogP contribution in [0.2, 0.25) is 0 Å². The van der Waals surface area contributed by atoms with Crippen molar-refractivity contribution in [3.8, 4) is 0 Å². The molecule has 0 saturated carbocycles. The van der Waals surface area contributed by atoms with Gasteiger partial charge in [-0.1, -0.05) is 91.0 Å².